The van der Waals surface area contributed by atoms with Gasteiger partial charge >= 0.3 is 5.63 Å². The second-order valence-electron chi connectivity index (χ2n) is 7.59. The Kier molecular flexibility index (Phi) is 3.99. The van der Waals surface area contributed by atoms with Crippen molar-refractivity contribution in [2.45, 2.75) is 39.3 Å². The van der Waals surface area contributed by atoms with Crippen LogP contribution in [0.2, 0.25) is 5.02 Å². The van der Waals surface area contributed by atoms with E-state index in [1.165, 1.54) is 21.6 Å². The summed E-state index contributed by atoms with van der Waals surface area (Å²) in [5.41, 5.74) is 5.88. The summed E-state index contributed by atoms with van der Waals surface area (Å²) in [7, 11) is 0. The molecular formula is C22H21ClNO3+. The van der Waals surface area contributed by atoms with E-state index < -0.39 is 0 Å². The van der Waals surface area contributed by atoms with Crippen LogP contribution in [-0.2, 0) is 25.9 Å². The van der Waals surface area contributed by atoms with Gasteiger partial charge in [0.2, 0.25) is 6.73 Å². The zero-order chi connectivity index (χ0) is 18.5. The first-order valence-corrected chi connectivity index (χ1v) is 9.80. The van der Waals surface area contributed by atoms with Crippen LogP contribution in [0.1, 0.15) is 34.2 Å². The van der Waals surface area contributed by atoms with Gasteiger partial charge in [0.05, 0.1) is 0 Å². The Morgan fingerprint density at radius 1 is 1.19 bits per heavy atom. The van der Waals surface area contributed by atoms with Crippen LogP contribution < -0.4 is 15.3 Å². The number of ether oxygens (including phenoxy) is 1. The van der Waals surface area contributed by atoms with Crippen molar-refractivity contribution in [3.63, 3.8) is 0 Å². The predicted octanol–water partition coefficient (Wildman–Crippen LogP) is 3.18. The fourth-order valence-electron chi connectivity index (χ4n) is 4.50. The van der Waals surface area contributed by atoms with Gasteiger partial charge in [-0.15, -0.1) is 0 Å². The van der Waals surface area contributed by atoms with Gasteiger partial charge in [-0.2, -0.15) is 0 Å². The van der Waals surface area contributed by atoms with E-state index in [1.807, 2.05) is 25.1 Å². The Hall–Kier alpha value is -2.30. The van der Waals surface area contributed by atoms with Crippen LogP contribution in [0.5, 0.6) is 5.75 Å². The molecule has 0 radical (unpaired) electrons. The molecule has 5 heteroatoms. The summed E-state index contributed by atoms with van der Waals surface area (Å²) in [6.07, 6.45) is 2.81. The van der Waals surface area contributed by atoms with Gasteiger partial charge in [0.15, 0.2) is 0 Å². The maximum atomic E-state index is 12.3. The van der Waals surface area contributed by atoms with Gasteiger partial charge in [0.1, 0.15) is 24.4 Å². The Morgan fingerprint density at radius 3 is 2.89 bits per heavy atom. The average molecular weight is 383 g/mol. The minimum atomic E-state index is -0.179. The van der Waals surface area contributed by atoms with Crippen molar-refractivity contribution in [2.24, 2.45) is 0 Å². The highest BCUT2D eigenvalue weighted by Crippen LogP contribution is 2.36. The fourth-order valence-corrected chi connectivity index (χ4v) is 4.72. The van der Waals surface area contributed by atoms with Crippen LogP contribution in [0.4, 0.5) is 0 Å². The number of nitrogens with one attached hydrogen (secondary N) is 1. The van der Waals surface area contributed by atoms with Gasteiger partial charge < -0.3 is 9.15 Å². The van der Waals surface area contributed by atoms with Crippen LogP contribution >= 0.6 is 11.6 Å². The van der Waals surface area contributed by atoms with Gasteiger partial charge in [0.25, 0.3) is 0 Å². The highest BCUT2D eigenvalue weighted by molar-refractivity contribution is 6.30. The van der Waals surface area contributed by atoms with Crippen molar-refractivity contribution >= 4 is 22.6 Å². The molecule has 1 atom stereocenters. The second-order valence-corrected chi connectivity index (χ2v) is 8.03. The van der Waals surface area contributed by atoms with E-state index >= 15 is 0 Å². The number of halogens is 1. The summed E-state index contributed by atoms with van der Waals surface area (Å²) >= 11 is 6.12. The van der Waals surface area contributed by atoms with Crippen LogP contribution in [-0.4, -0.2) is 6.73 Å². The molecule has 5 rings (SSSR count). The average Bonchev–Trinajstić information content (AvgIpc) is 3.14. The normalized spacial score (nSPS) is 18.2. The van der Waals surface area contributed by atoms with E-state index in [1.54, 1.807) is 0 Å². The number of benzene rings is 2. The molecule has 0 fully saturated rings. The standard InChI is InChI=1S/C22H20ClNO3/c1-13-20-15(9-19-17-6-3-7-18(17)22(25)27-21(13)19)11-24(12-26-20)10-14-4-2-5-16(23)8-14/h2,4-5,8-9H,3,6-7,10-12H2,1H3/p+1. The largest absolute Gasteiger partial charge is 0.444 e. The van der Waals surface area contributed by atoms with E-state index in [0.29, 0.717) is 12.3 Å². The smallest absolute Gasteiger partial charge is 0.339 e. The van der Waals surface area contributed by atoms with Crippen molar-refractivity contribution in [3.05, 3.63) is 73.6 Å². The Labute approximate surface area is 162 Å². The molecule has 0 spiro atoms. The highest BCUT2D eigenvalue weighted by Gasteiger charge is 2.27. The summed E-state index contributed by atoms with van der Waals surface area (Å²) in [6, 6.07) is 10.2. The molecule has 0 saturated heterocycles. The third kappa shape index (κ3) is 2.84. The van der Waals surface area contributed by atoms with Gasteiger partial charge in [0, 0.05) is 32.7 Å². The molecular weight excluding hydrogens is 362 g/mol. The Morgan fingerprint density at radius 2 is 2.04 bits per heavy atom. The van der Waals surface area contributed by atoms with E-state index in [9.17, 15) is 4.79 Å². The lowest BCUT2D eigenvalue weighted by Gasteiger charge is -2.28. The quantitative estimate of drug-likeness (QED) is 0.692. The van der Waals surface area contributed by atoms with Crippen LogP contribution in [0.15, 0.2) is 39.5 Å². The third-order valence-corrected chi connectivity index (χ3v) is 5.96. The minimum absolute atomic E-state index is 0.179. The van der Waals surface area contributed by atoms with Crippen LogP contribution in [0.25, 0.3) is 11.0 Å². The molecule has 27 heavy (non-hydrogen) atoms. The Balaban J connectivity index is 1.55. The Bertz CT molecular complexity index is 1120. The zero-order valence-electron chi connectivity index (χ0n) is 15.2. The molecule has 0 bridgehead atoms. The topological polar surface area (TPSA) is 43.9 Å². The SMILES string of the molecule is Cc1c2c(cc3c4c(c(=O)oc13)CCC4)C[NH+](Cc1cccc(Cl)c1)CO2. The molecule has 2 aliphatic rings. The third-order valence-electron chi connectivity index (χ3n) is 5.72. The lowest BCUT2D eigenvalue weighted by atomic mass is 9.99. The monoisotopic (exact) mass is 382 g/mol. The molecule has 1 unspecified atom stereocenters. The van der Waals surface area contributed by atoms with Crippen molar-refractivity contribution in [1.82, 2.24) is 0 Å². The zero-order valence-corrected chi connectivity index (χ0v) is 16.0. The van der Waals surface area contributed by atoms with E-state index in [2.05, 4.69) is 12.1 Å². The highest BCUT2D eigenvalue weighted by atomic mass is 35.5. The maximum absolute atomic E-state index is 12.3. The first-order valence-electron chi connectivity index (χ1n) is 9.42. The van der Waals surface area contributed by atoms with Crippen molar-refractivity contribution < 1.29 is 14.1 Å². The lowest BCUT2D eigenvalue weighted by Crippen LogP contribution is -3.10. The lowest BCUT2D eigenvalue weighted by molar-refractivity contribution is -0.945. The van der Waals surface area contributed by atoms with E-state index in [4.69, 9.17) is 20.8 Å². The summed E-state index contributed by atoms with van der Waals surface area (Å²) in [5.74, 6) is 0.874. The van der Waals surface area contributed by atoms with Crippen LogP contribution in [0, 0.1) is 6.92 Å². The van der Waals surface area contributed by atoms with E-state index in [-0.39, 0.29) is 5.63 Å². The molecule has 0 amide bonds. The second kappa shape index (κ2) is 6.39. The number of aryl methyl sites for hydroxylation is 2. The van der Waals surface area contributed by atoms with Crippen molar-refractivity contribution in [1.29, 1.82) is 0 Å². The van der Waals surface area contributed by atoms with E-state index in [0.717, 1.165) is 59.6 Å². The summed E-state index contributed by atoms with van der Waals surface area (Å²) in [5, 5.41) is 1.85. The van der Waals surface area contributed by atoms with Gasteiger partial charge in [-0.1, -0.05) is 23.7 Å². The van der Waals surface area contributed by atoms with Gasteiger partial charge in [-0.25, -0.2) is 4.79 Å². The number of quaternary nitrogens is 1. The summed E-state index contributed by atoms with van der Waals surface area (Å²) < 4.78 is 11.8. The van der Waals surface area contributed by atoms with Crippen LogP contribution in [0.3, 0.4) is 0 Å². The number of hydrogen-bond acceptors (Lipinski definition) is 3. The summed E-state index contributed by atoms with van der Waals surface area (Å²) in [6.45, 7) is 4.32. The molecule has 2 aromatic carbocycles. The maximum Gasteiger partial charge on any atom is 0.339 e. The minimum Gasteiger partial charge on any atom is -0.444 e. The van der Waals surface area contributed by atoms with Gasteiger partial charge in [-0.05, 0) is 49.9 Å². The molecule has 1 N–H and O–H groups in total. The molecule has 1 aliphatic heterocycles. The number of hydrogen-bond donors (Lipinski definition) is 1. The number of fused-ring (bicyclic) bond motifs is 4. The number of rotatable bonds is 2. The molecule has 4 nitrogen and oxygen atoms in total. The predicted molar refractivity (Wildman–Crippen MR) is 105 cm³/mol. The molecule has 2 heterocycles. The van der Waals surface area contributed by atoms with Gasteiger partial charge in [-0.3, -0.25) is 4.90 Å². The fraction of sp³-hybridized carbons (Fsp3) is 0.318. The van der Waals surface area contributed by atoms with Crippen molar-refractivity contribution in [3.8, 4) is 5.75 Å². The van der Waals surface area contributed by atoms with Crippen molar-refractivity contribution in [2.75, 3.05) is 6.73 Å². The molecule has 138 valence electrons. The summed E-state index contributed by atoms with van der Waals surface area (Å²) in [4.78, 5) is 13.6. The molecule has 1 aromatic heterocycles. The first kappa shape index (κ1) is 16.8. The molecule has 1 aliphatic carbocycles. The molecule has 3 aromatic rings. The first-order chi connectivity index (χ1) is 13.1. The molecule has 0 saturated carbocycles.